The Morgan fingerprint density at radius 1 is 0.960 bits per heavy atom. The lowest BCUT2D eigenvalue weighted by Gasteiger charge is -2.37. The summed E-state index contributed by atoms with van der Waals surface area (Å²) in [4.78, 5) is 23.0. The first-order chi connectivity index (χ1) is 12.0. The van der Waals surface area contributed by atoms with Gasteiger partial charge < -0.3 is 39.4 Å². The number of aliphatic hydroxyl groups is 1. The van der Waals surface area contributed by atoms with Gasteiger partial charge in [-0.1, -0.05) is 6.92 Å². The lowest BCUT2D eigenvalue weighted by Crippen LogP contribution is -2.52. The van der Waals surface area contributed by atoms with E-state index in [2.05, 4.69) is 10.6 Å². The van der Waals surface area contributed by atoms with E-state index in [-0.39, 0.29) is 31.5 Å². The number of ether oxygens (including phenoxy) is 5. The zero-order valence-corrected chi connectivity index (χ0v) is 14.2. The summed E-state index contributed by atoms with van der Waals surface area (Å²) in [6.45, 7) is 3.33. The molecule has 7 unspecified atom stereocenters. The van der Waals surface area contributed by atoms with E-state index in [0.29, 0.717) is 6.42 Å². The molecular weight excluding hydrogens is 336 g/mol. The molecular formula is C15H24N2O8. The predicted molar refractivity (Wildman–Crippen MR) is 80.8 cm³/mol. The quantitative estimate of drug-likeness (QED) is 0.492. The molecule has 3 N–H and O–H groups in total. The molecule has 142 valence electrons. The molecule has 3 fully saturated rings. The number of aliphatic hydroxyl groups excluding tert-OH is 1. The van der Waals surface area contributed by atoms with Crippen molar-refractivity contribution in [2.45, 2.75) is 70.0 Å². The summed E-state index contributed by atoms with van der Waals surface area (Å²) in [7, 11) is 0. The summed E-state index contributed by atoms with van der Waals surface area (Å²) in [5.74, 6) is -0.459. The molecule has 3 aliphatic rings. The molecule has 0 bridgehead atoms. The topological polar surface area (TPSA) is 125 Å². The summed E-state index contributed by atoms with van der Waals surface area (Å²) in [5.41, 5.74) is 0. The van der Waals surface area contributed by atoms with Gasteiger partial charge in [-0.3, -0.25) is 9.59 Å². The lowest BCUT2D eigenvalue weighted by atomic mass is 10.0. The minimum Gasteiger partial charge on any atom is -0.394 e. The number of amides is 2. The van der Waals surface area contributed by atoms with E-state index in [4.69, 9.17) is 23.7 Å². The fourth-order valence-electron chi connectivity index (χ4n) is 3.12. The second kappa shape index (κ2) is 7.94. The zero-order chi connectivity index (χ0) is 18.0. The fraction of sp³-hybridized carbons (Fsp3) is 0.867. The van der Waals surface area contributed by atoms with E-state index >= 15 is 0 Å². The van der Waals surface area contributed by atoms with Gasteiger partial charge in [0.2, 0.25) is 11.8 Å². The van der Waals surface area contributed by atoms with Gasteiger partial charge >= 0.3 is 0 Å². The molecule has 3 rings (SSSR count). The van der Waals surface area contributed by atoms with E-state index in [9.17, 15) is 14.7 Å². The van der Waals surface area contributed by atoms with E-state index < -0.39 is 43.3 Å². The van der Waals surface area contributed by atoms with Gasteiger partial charge in [0.25, 0.3) is 0 Å². The van der Waals surface area contributed by atoms with Gasteiger partial charge in [0.05, 0.1) is 19.7 Å². The number of carbonyl (C=O) groups is 2. The van der Waals surface area contributed by atoms with Gasteiger partial charge in [-0.05, 0) is 6.92 Å². The minimum absolute atomic E-state index is 0.0226. The van der Waals surface area contributed by atoms with Crippen molar-refractivity contribution in [2.24, 2.45) is 0 Å². The number of hydrogen-bond acceptors (Lipinski definition) is 8. The predicted octanol–water partition coefficient (Wildman–Crippen LogP) is -1.43. The largest absolute Gasteiger partial charge is 0.394 e. The van der Waals surface area contributed by atoms with Gasteiger partial charge in [-0.15, -0.1) is 0 Å². The molecule has 7 atom stereocenters. The van der Waals surface area contributed by atoms with Gasteiger partial charge in [0.15, 0.2) is 18.9 Å². The van der Waals surface area contributed by atoms with Crippen molar-refractivity contribution in [3.8, 4) is 0 Å². The highest BCUT2D eigenvalue weighted by atomic mass is 16.8. The SMILES string of the molecule is CCC(=O)NCNC(=O)CC1OC2OC3C(CO)OC(C)OC3C2O1. The highest BCUT2D eigenvalue weighted by molar-refractivity contribution is 5.78. The average molecular weight is 360 g/mol. The Balaban J connectivity index is 1.47. The monoisotopic (exact) mass is 360 g/mol. The molecule has 0 spiro atoms. The standard InChI is InChI=1S/C15H24N2O8/c1-3-9(19)16-6-17-10(20)4-11-23-14-13-12(25-15(14)24-11)8(5-18)21-7(2)22-13/h7-8,11-15,18H,3-6H2,1-2H3,(H,16,19)(H,17,20). The number of fused-ring (bicyclic) bond motifs is 3. The first-order valence-corrected chi connectivity index (χ1v) is 8.43. The van der Waals surface area contributed by atoms with Crippen LogP contribution in [0.5, 0.6) is 0 Å². The Morgan fingerprint density at radius 3 is 2.44 bits per heavy atom. The third-order valence-electron chi connectivity index (χ3n) is 4.31. The second-order valence-electron chi connectivity index (χ2n) is 6.10. The third-order valence-corrected chi connectivity index (χ3v) is 4.31. The van der Waals surface area contributed by atoms with Crippen molar-refractivity contribution in [1.29, 1.82) is 0 Å². The molecule has 0 aromatic rings. The molecule has 0 aromatic heterocycles. The average Bonchev–Trinajstić information content (AvgIpc) is 3.11. The second-order valence-corrected chi connectivity index (χ2v) is 6.10. The molecule has 0 aliphatic carbocycles. The summed E-state index contributed by atoms with van der Waals surface area (Å²) < 4.78 is 28.3. The Bertz CT molecular complexity index is 504. The molecule has 3 heterocycles. The van der Waals surface area contributed by atoms with E-state index in [1.165, 1.54) is 0 Å². The van der Waals surface area contributed by atoms with E-state index in [1.807, 2.05) is 0 Å². The van der Waals surface area contributed by atoms with Gasteiger partial charge in [0, 0.05) is 6.42 Å². The summed E-state index contributed by atoms with van der Waals surface area (Å²) in [5, 5.41) is 14.5. The zero-order valence-electron chi connectivity index (χ0n) is 14.2. The van der Waals surface area contributed by atoms with Crippen LogP contribution in [0.25, 0.3) is 0 Å². The molecule has 10 heteroatoms. The van der Waals surface area contributed by atoms with Crippen molar-refractivity contribution in [1.82, 2.24) is 10.6 Å². The van der Waals surface area contributed by atoms with Crippen LogP contribution in [-0.2, 0) is 33.3 Å². The molecule has 25 heavy (non-hydrogen) atoms. The Morgan fingerprint density at radius 2 is 1.72 bits per heavy atom. The molecule has 0 saturated carbocycles. The van der Waals surface area contributed by atoms with Gasteiger partial charge in [0.1, 0.15) is 24.4 Å². The summed E-state index contributed by atoms with van der Waals surface area (Å²) in [6.07, 6.45) is -3.48. The fourth-order valence-corrected chi connectivity index (χ4v) is 3.12. The van der Waals surface area contributed by atoms with Crippen LogP contribution in [0.4, 0.5) is 0 Å². The van der Waals surface area contributed by atoms with Crippen molar-refractivity contribution >= 4 is 11.8 Å². The highest BCUT2D eigenvalue weighted by Crippen LogP contribution is 2.39. The minimum atomic E-state index is -0.757. The van der Waals surface area contributed by atoms with Crippen molar-refractivity contribution in [3.63, 3.8) is 0 Å². The van der Waals surface area contributed by atoms with E-state index in [1.54, 1.807) is 13.8 Å². The maximum atomic E-state index is 11.9. The lowest BCUT2D eigenvalue weighted by molar-refractivity contribution is -0.295. The maximum Gasteiger partial charge on any atom is 0.226 e. The van der Waals surface area contributed by atoms with Crippen LogP contribution in [0.15, 0.2) is 0 Å². The van der Waals surface area contributed by atoms with Crippen LogP contribution >= 0.6 is 0 Å². The Labute approximate surface area is 145 Å². The van der Waals surface area contributed by atoms with Crippen LogP contribution < -0.4 is 10.6 Å². The molecule has 0 radical (unpaired) electrons. The van der Waals surface area contributed by atoms with Crippen LogP contribution in [0.1, 0.15) is 26.7 Å². The maximum absolute atomic E-state index is 11.9. The normalized spacial score (nSPS) is 39.6. The molecule has 3 aliphatic heterocycles. The smallest absolute Gasteiger partial charge is 0.226 e. The molecule has 10 nitrogen and oxygen atoms in total. The first-order valence-electron chi connectivity index (χ1n) is 8.43. The van der Waals surface area contributed by atoms with Gasteiger partial charge in [-0.25, -0.2) is 0 Å². The number of carbonyl (C=O) groups excluding carboxylic acids is 2. The van der Waals surface area contributed by atoms with Crippen LogP contribution in [-0.4, -0.2) is 73.5 Å². The summed E-state index contributed by atoms with van der Waals surface area (Å²) >= 11 is 0. The molecule has 2 amide bonds. The first kappa shape index (κ1) is 18.5. The van der Waals surface area contributed by atoms with Crippen LogP contribution in [0, 0.1) is 0 Å². The van der Waals surface area contributed by atoms with Crippen LogP contribution in [0.2, 0.25) is 0 Å². The third kappa shape index (κ3) is 4.10. The van der Waals surface area contributed by atoms with Crippen molar-refractivity contribution in [3.05, 3.63) is 0 Å². The molecule has 3 saturated heterocycles. The van der Waals surface area contributed by atoms with Crippen molar-refractivity contribution in [2.75, 3.05) is 13.3 Å². The number of rotatable bonds is 6. The Kier molecular flexibility index (Phi) is 5.87. The van der Waals surface area contributed by atoms with Gasteiger partial charge in [-0.2, -0.15) is 0 Å². The van der Waals surface area contributed by atoms with Crippen LogP contribution in [0.3, 0.4) is 0 Å². The highest BCUT2D eigenvalue weighted by Gasteiger charge is 2.57. The van der Waals surface area contributed by atoms with E-state index in [0.717, 1.165) is 0 Å². The number of nitrogens with one attached hydrogen (secondary N) is 2. The van der Waals surface area contributed by atoms with Crippen molar-refractivity contribution < 1.29 is 38.4 Å². The Hall–Kier alpha value is -1.30. The number of hydrogen-bond donors (Lipinski definition) is 3. The summed E-state index contributed by atoms with van der Waals surface area (Å²) in [6, 6.07) is 0. The molecule has 0 aromatic carbocycles.